The number of hydrogen-bond donors (Lipinski definition) is 0. The summed E-state index contributed by atoms with van der Waals surface area (Å²) < 4.78 is 79.9. The van der Waals surface area contributed by atoms with E-state index in [0.29, 0.717) is 0 Å². The standard InChI is InChI=1S/C3H3BF7/c4-2(7,8)1(5,6)3(9,10)11/h4H3/q-1. The highest BCUT2D eigenvalue weighted by Gasteiger charge is 2.66. The van der Waals surface area contributed by atoms with E-state index in [1.54, 1.807) is 0 Å². The maximum absolute atomic E-state index is 11.6. The highest BCUT2D eigenvalue weighted by atomic mass is 19.4. The van der Waals surface area contributed by atoms with E-state index >= 15 is 0 Å². The van der Waals surface area contributed by atoms with Gasteiger partial charge in [-0.05, 0) is 0 Å². The monoisotopic (exact) mass is 183 g/mol. The molecule has 0 aliphatic rings. The first-order valence-electron chi connectivity index (χ1n) is 1.82. The Labute approximate surface area is 57.8 Å². The summed E-state index contributed by atoms with van der Waals surface area (Å²) in [5.41, 5.74) is 0. The minimum Gasteiger partial charge on any atom is -0.246 e. The molecule has 0 saturated heterocycles. The van der Waals surface area contributed by atoms with Crippen molar-refractivity contribution in [3.63, 3.8) is 0 Å². The second-order valence-electron chi connectivity index (χ2n) is 1.33. The lowest BCUT2D eigenvalue weighted by Crippen LogP contribution is -2.52. The van der Waals surface area contributed by atoms with Crippen LogP contribution in [-0.4, -0.2) is 25.8 Å². The van der Waals surface area contributed by atoms with E-state index in [-0.39, 0.29) is 0 Å². The van der Waals surface area contributed by atoms with Gasteiger partial charge in [0.2, 0.25) is 0 Å². The minimum absolute atomic E-state index is 2.38. The Morgan fingerprint density at radius 3 is 1.00 bits per heavy atom. The van der Waals surface area contributed by atoms with Crippen molar-refractivity contribution in [2.75, 3.05) is 0 Å². The van der Waals surface area contributed by atoms with Crippen LogP contribution in [0.2, 0.25) is 0 Å². The summed E-state index contributed by atoms with van der Waals surface area (Å²) in [6, 6.07) is 0. The normalized spacial score (nSPS) is 15.3. The fraction of sp³-hybridized carbons (Fsp3) is 1.00. The van der Waals surface area contributed by atoms with Gasteiger partial charge in [0.05, 0.1) is 0 Å². The molecule has 0 rings (SSSR count). The molecule has 0 aromatic rings. The van der Waals surface area contributed by atoms with Crippen molar-refractivity contribution >= 4 is 7.85 Å². The van der Waals surface area contributed by atoms with Gasteiger partial charge >= 0.3 is 12.1 Å². The molecule has 0 amide bonds. The van der Waals surface area contributed by atoms with Gasteiger partial charge < -0.3 is 0 Å². The van der Waals surface area contributed by atoms with Crippen molar-refractivity contribution in [1.82, 2.24) is 0 Å². The molecule has 11 heavy (non-hydrogen) atoms. The smallest absolute Gasteiger partial charge is 0.246 e. The Balaban J connectivity index is 4.75. The zero-order valence-corrected chi connectivity index (χ0v) is 4.15. The largest absolute Gasteiger partial charge is 0.455 e. The van der Waals surface area contributed by atoms with Crippen molar-refractivity contribution in [1.29, 1.82) is 0 Å². The average molecular weight is 183 g/mol. The SMILES string of the molecule is [BH3-]C(F)(F)C(F)(F)C(F)(F)F. The predicted molar refractivity (Wildman–Crippen MR) is 25.9 cm³/mol. The van der Waals surface area contributed by atoms with Gasteiger partial charge in [0.15, 0.2) is 5.82 Å². The van der Waals surface area contributed by atoms with Gasteiger partial charge in [-0.25, -0.2) is 8.78 Å². The molecule has 0 unspecified atom stereocenters. The molecule has 0 heterocycles. The number of rotatable bonds is 1. The molecule has 0 radical (unpaired) electrons. The first kappa shape index (κ1) is 10.6. The van der Waals surface area contributed by atoms with Crippen molar-refractivity contribution in [3.05, 3.63) is 0 Å². The first-order valence-corrected chi connectivity index (χ1v) is 1.82. The van der Waals surface area contributed by atoms with Crippen LogP contribution in [0.3, 0.4) is 0 Å². The van der Waals surface area contributed by atoms with Gasteiger partial charge in [-0.3, -0.25) is 0 Å². The summed E-state index contributed by atoms with van der Waals surface area (Å²) in [6.45, 7) is 0. The Kier molecular flexibility index (Phi) is 2.19. The van der Waals surface area contributed by atoms with E-state index in [4.69, 9.17) is 0 Å². The molecular weight excluding hydrogens is 180 g/mol. The average Bonchev–Trinajstić information content (AvgIpc) is 1.58. The quantitative estimate of drug-likeness (QED) is 0.422. The van der Waals surface area contributed by atoms with Gasteiger partial charge in [-0.2, -0.15) is 22.0 Å². The summed E-state index contributed by atoms with van der Waals surface area (Å²) >= 11 is 0. The van der Waals surface area contributed by atoms with E-state index in [2.05, 4.69) is 0 Å². The van der Waals surface area contributed by atoms with E-state index in [1.165, 1.54) is 0 Å². The molecule has 0 N–H and O–H groups in total. The maximum atomic E-state index is 11.6. The molecule has 0 nitrogen and oxygen atoms in total. The Bertz CT molecular complexity index is 125. The fourth-order valence-electron chi connectivity index (χ4n) is 0.107. The van der Waals surface area contributed by atoms with Crippen LogP contribution < -0.4 is 0 Å². The van der Waals surface area contributed by atoms with Crippen molar-refractivity contribution < 1.29 is 30.7 Å². The van der Waals surface area contributed by atoms with E-state index in [9.17, 15) is 30.7 Å². The Morgan fingerprint density at radius 2 is 1.00 bits per heavy atom. The number of hydrogen-bond acceptors (Lipinski definition) is 0. The van der Waals surface area contributed by atoms with Crippen LogP contribution in [0.15, 0.2) is 0 Å². The number of halogens is 7. The predicted octanol–water partition coefficient (Wildman–Crippen LogP) is 1.14. The van der Waals surface area contributed by atoms with Crippen molar-refractivity contribution in [2.45, 2.75) is 17.9 Å². The highest BCUT2D eigenvalue weighted by molar-refractivity contribution is 6.14. The molecule has 68 valence electrons. The molecule has 0 aromatic heterocycles. The van der Waals surface area contributed by atoms with E-state index < -0.39 is 25.8 Å². The topological polar surface area (TPSA) is 0 Å². The summed E-state index contributed by atoms with van der Waals surface area (Å²) in [7, 11) is -2.38. The Hall–Kier alpha value is -0.425. The van der Waals surface area contributed by atoms with Crippen LogP contribution in [0.4, 0.5) is 30.7 Å². The van der Waals surface area contributed by atoms with Gasteiger partial charge in [0, 0.05) is 7.85 Å². The minimum atomic E-state index is -6.14. The molecule has 0 bridgehead atoms. The summed E-state index contributed by atoms with van der Waals surface area (Å²) in [5, 5.41) is 0. The molecule has 0 aliphatic carbocycles. The molecule has 8 heteroatoms. The Morgan fingerprint density at radius 1 is 0.727 bits per heavy atom. The van der Waals surface area contributed by atoms with Crippen LogP contribution in [0.5, 0.6) is 0 Å². The van der Waals surface area contributed by atoms with Crippen molar-refractivity contribution in [3.8, 4) is 0 Å². The zero-order valence-electron chi connectivity index (χ0n) is 4.15. The van der Waals surface area contributed by atoms with Crippen LogP contribution in [-0.2, 0) is 0 Å². The van der Waals surface area contributed by atoms with Gasteiger partial charge in [-0.15, -0.1) is 0 Å². The second-order valence-corrected chi connectivity index (χ2v) is 1.33. The van der Waals surface area contributed by atoms with Gasteiger partial charge in [0.25, 0.3) is 0 Å². The first-order chi connectivity index (χ1) is 4.50. The summed E-state index contributed by atoms with van der Waals surface area (Å²) in [6.07, 6.45) is -6.14. The summed E-state index contributed by atoms with van der Waals surface area (Å²) in [5.74, 6) is -10.7. The molecular formula is C3H3BF7-. The third-order valence-corrected chi connectivity index (χ3v) is 0.593. The molecule has 0 spiro atoms. The molecule has 0 aliphatic heterocycles. The number of alkyl halides is 7. The third kappa shape index (κ3) is 1.78. The molecule has 0 fully saturated rings. The summed E-state index contributed by atoms with van der Waals surface area (Å²) in [4.78, 5) is 0. The van der Waals surface area contributed by atoms with Crippen LogP contribution in [0, 0.1) is 0 Å². The van der Waals surface area contributed by atoms with Gasteiger partial charge in [0.1, 0.15) is 0 Å². The zero-order chi connectivity index (χ0) is 9.50. The van der Waals surface area contributed by atoms with Crippen LogP contribution in [0.1, 0.15) is 0 Å². The third-order valence-electron chi connectivity index (χ3n) is 0.593. The lowest BCUT2D eigenvalue weighted by atomic mass is 9.91. The lowest BCUT2D eigenvalue weighted by Gasteiger charge is -2.29. The van der Waals surface area contributed by atoms with E-state index in [0.717, 1.165) is 0 Å². The molecule has 0 aromatic carbocycles. The van der Waals surface area contributed by atoms with E-state index in [1.807, 2.05) is 0 Å². The fourth-order valence-corrected chi connectivity index (χ4v) is 0.107. The van der Waals surface area contributed by atoms with Crippen LogP contribution in [0.25, 0.3) is 0 Å². The lowest BCUT2D eigenvalue weighted by molar-refractivity contribution is -0.332. The highest BCUT2D eigenvalue weighted by Crippen LogP contribution is 2.44. The maximum Gasteiger partial charge on any atom is 0.455 e. The molecule has 0 atom stereocenters. The van der Waals surface area contributed by atoms with Gasteiger partial charge in [-0.1, -0.05) is 0 Å². The van der Waals surface area contributed by atoms with Crippen molar-refractivity contribution in [2.24, 2.45) is 0 Å². The second kappa shape index (κ2) is 2.28. The van der Waals surface area contributed by atoms with Crippen LogP contribution >= 0.6 is 0 Å². The molecule has 0 saturated carbocycles.